The Labute approximate surface area is 180 Å². The number of carbonyl (C=O) groups excluding carboxylic acids is 1. The summed E-state index contributed by atoms with van der Waals surface area (Å²) in [5, 5.41) is 6.13. The van der Waals surface area contributed by atoms with Gasteiger partial charge in [0.1, 0.15) is 5.75 Å². The lowest BCUT2D eigenvalue weighted by Gasteiger charge is -2.35. The van der Waals surface area contributed by atoms with Crippen LogP contribution in [0.25, 0.3) is 0 Å². The minimum absolute atomic E-state index is 0.00570. The fourth-order valence-corrected chi connectivity index (χ4v) is 3.92. The van der Waals surface area contributed by atoms with E-state index in [1.807, 2.05) is 44.2 Å². The average molecular weight is 433 g/mol. The summed E-state index contributed by atoms with van der Waals surface area (Å²) in [5.74, 6) is -0.282. The fraction of sp³-hybridized carbons (Fsp3) is 0.409. The van der Waals surface area contributed by atoms with Crippen LogP contribution in [0.1, 0.15) is 38.3 Å². The van der Waals surface area contributed by atoms with Crippen LogP contribution in [-0.2, 0) is 4.79 Å². The second kappa shape index (κ2) is 9.89. The lowest BCUT2D eigenvalue weighted by Crippen LogP contribution is -2.46. The Kier molecular flexibility index (Phi) is 7.26. The highest BCUT2D eigenvalue weighted by molar-refractivity contribution is 6.28. The monoisotopic (exact) mass is 432 g/mol. The average Bonchev–Trinajstić information content (AvgIpc) is 2.76. The predicted molar refractivity (Wildman–Crippen MR) is 115 cm³/mol. The number of anilines is 1. The number of aromatic nitrogens is 2. The van der Waals surface area contributed by atoms with Crippen molar-refractivity contribution in [1.82, 2.24) is 15.3 Å². The van der Waals surface area contributed by atoms with E-state index in [-0.39, 0.29) is 40.9 Å². The molecular weight excluding hydrogens is 407 g/mol. The van der Waals surface area contributed by atoms with Gasteiger partial charge >= 0.3 is 0 Å². The van der Waals surface area contributed by atoms with Crippen LogP contribution in [0.5, 0.6) is 5.75 Å². The Morgan fingerprint density at radius 3 is 2.77 bits per heavy atom. The maximum atomic E-state index is 14.2. The molecular formula is C22H26ClFN4O2. The highest BCUT2D eigenvalue weighted by atomic mass is 35.5. The summed E-state index contributed by atoms with van der Waals surface area (Å²) in [6.07, 6.45) is 6.46. The van der Waals surface area contributed by atoms with E-state index >= 15 is 0 Å². The van der Waals surface area contributed by atoms with Gasteiger partial charge in [0.15, 0.2) is 11.6 Å². The summed E-state index contributed by atoms with van der Waals surface area (Å²) in [7, 11) is 1.61. The van der Waals surface area contributed by atoms with Crippen LogP contribution < -0.4 is 15.4 Å². The minimum Gasteiger partial charge on any atom is -0.497 e. The van der Waals surface area contributed by atoms with Crippen LogP contribution in [-0.4, -0.2) is 29.0 Å². The number of nitrogens with zero attached hydrogens (tertiary/aromatic N) is 2. The molecule has 1 aromatic carbocycles. The first-order valence-corrected chi connectivity index (χ1v) is 10.4. The molecule has 30 heavy (non-hydrogen) atoms. The number of nitrogens with one attached hydrogen (secondary N) is 2. The number of hydrogen-bond acceptors (Lipinski definition) is 5. The third-order valence-corrected chi connectivity index (χ3v) is 5.64. The van der Waals surface area contributed by atoms with E-state index in [1.54, 1.807) is 7.11 Å². The van der Waals surface area contributed by atoms with Crippen molar-refractivity contribution in [3.05, 3.63) is 59.3 Å². The summed E-state index contributed by atoms with van der Waals surface area (Å²) in [6, 6.07) is 7.08. The van der Waals surface area contributed by atoms with Gasteiger partial charge in [-0.05, 0) is 55.0 Å². The smallest absolute Gasteiger partial charge is 0.226 e. The molecule has 160 valence electrons. The molecule has 0 aliphatic heterocycles. The zero-order chi connectivity index (χ0) is 21.7. The number of halogens is 2. The van der Waals surface area contributed by atoms with E-state index in [4.69, 9.17) is 16.3 Å². The molecule has 1 aliphatic carbocycles. The van der Waals surface area contributed by atoms with Crippen LogP contribution in [0.4, 0.5) is 10.2 Å². The van der Waals surface area contributed by atoms with Crippen molar-refractivity contribution in [2.24, 2.45) is 11.8 Å². The van der Waals surface area contributed by atoms with Gasteiger partial charge in [0.05, 0.1) is 25.3 Å². The zero-order valence-corrected chi connectivity index (χ0v) is 18.0. The van der Waals surface area contributed by atoms with E-state index < -0.39 is 5.82 Å². The molecule has 1 aliphatic rings. The standard InChI is InChI=1S/C22H26ClFN4O2/c1-4-14-6-5-7-18(27-20-17(24)12-25-22(23)28-20)19(14)21(29)26-13(2)15-8-10-16(30-3)11-9-15/h5-6,8-14,18-19H,4,7H2,1-3H3,(H,26,29)(H,25,27,28)/t13-,14-,18+,19-/m1/s1. The highest BCUT2D eigenvalue weighted by Gasteiger charge is 2.36. The second-order valence-electron chi connectivity index (χ2n) is 7.35. The zero-order valence-electron chi connectivity index (χ0n) is 17.2. The van der Waals surface area contributed by atoms with E-state index in [0.29, 0.717) is 6.42 Å². The van der Waals surface area contributed by atoms with Gasteiger partial charge in [0.2, 0.25) is 11.2 Å². The normalized spacial score (nSPS) is 21.7. The summed E-state index contributed by atoms with van der Waals surface area (Å²) in [4.78, 5) is 20.8. The molecule has 2 N–H and O–H groups in total. The molecule has 1 amide bonds. The van der Waals surface area contributed by atoms with E-state index in [9.17, 15) is 9.18 Å². The molecule has 4 atom stereocenters. The predicted octanol–water partition coefficient (Wildman–Crippen LogP) is 4.54. The third kappa shape index (κ3) is 5.08. The minimum atomic E-state index is -0.604. The highest BCUT2D eigenvalue weighted by Crippen LogP contribution is 2.31. The Balaban J connectivity index is 1.78. The molecule has 0 spiro atoms. The number of allylic oxidation sites excluding steroid dienone is 1. The van der Waals surface area contributed by atoms with E-state index in [2.05, 4.69) is 26.7 Å². The first kappa shape index (κ1) is 22.0. The van der Waals surface area contributed by atoms with Crippen molar-refractivity contribution in [3.8, 4) is 5.75 Å². The summed E-state index contributed by atoms with van der Waals surface area (Å²) < 4.78 is 19.3. The molecule has 0 saturated heterocycles. The van der Waals surface area contributed by atoms with Crippen molar-refractivity contribution in [2.45, 2.75) is 38.8 Å². The van der Waals surface area contributed by atoms with Crippen LogP contribution in [0, 0.1) is 17.7 Å². The molecule has 0 bridgehead atoms. The van der Waals surface area contributed by atoms with Crippen LogP contribution in [0.3, 0.4) is 0 Å². The lowest BCUT2D eigenvalue weighted by atomic mass is 9.78. The molecule has 0 fully saturated rings. The van der Waals surface area contributed by atoms with Crippen molar-refractivity contribution in [3.63, 3.8) is 0 Å². The third-order valence-electron chi connectivity index (χ3n) is 5.45. The van der Waals surface area contributed by atoms with Gasteiger partial charge in [-0.15, -0.1) is 0 Å². The fourth-order valence-electron chi connectivity index (χ4n) is 3.79. The SMILES string of the molecule is CC[C@@H]1C=CC[C@H](Nc2nc(Cl)ncc2F)[C@@H]1C(=O)N[C@H](C)c1ccc(OC)cc1. The quantitative estimate of drug-likeness (QED) is 0.496. The molecule has 0 unspecified atom stereocenters. The summed E-state index contributed by atoms with van der Waals surface area (Å²) >= 11 is 5.82. The molecule has 0 saturated carbocycles. The second-order valence-corrected chi connectivity index (χ2v) is 7.69. The van der Waals surface area contributed by atoms with Crippen molar-refractivity contribution < 1.29 is 13.9 Å². The number of carbonyl (C=O) groups is 1. The summed E-state index contributed by atoms with van der Waals surface area (Å²) in [6.45, 7) is 3.97. The lowest BCUT2D eigenvalue weighted by molar-refractivity contribution is -0.127. The number of hydrogen-bond donors (Lipinski definition) is 2. The Morgan fingerprint density at radius 1 is 1.37 bits per heavy atom. The Hall–Kier alpha value is -2.67. The van der Waals surface area contributed by atoms with Gasteiger partial charge in [-0.2, -0.15) is 4.98 Å². The molecule has 8 heteroatoms. The topological polar surface area (TPSA) is 76.1 Å². The van der Waals surface area contributed by atoms with Gasteiger partial charge < -0.3 is 15.4 Å². The first-order valence-electron chi connectivity index (χ1n) is 9.98. The Morgan fingerprint density at radius 2 is 2.10 bits per heavy atom. The maximum absolute atomic E-state index is 14.2. The molecule has 3 rings (SSSR count). The van der Waals surface area contributed by atoms with E-state index in [0.717, 1.165) is 23.9 Å². The molecule has 1 heterocycles. The largest absolute Gasteiger partial charge is 0.497 e. The van der Waals surface area contributed by atoms with Gasteiger partial charge in [-0.3, -0.25) is 4.79 Å². The summed E-state index contributed by atoms with van der Waals surface area (Å²) in [5.41, 5.74) is 0.974. The van der Waals surface area contributed by atoms with Gasteiger partial charge in [0, 0.05) is 6.04 Å². The van der Waals surface area contributed by atoms with Crippen LogP contribution >= 0.6 is 11.6 Å². The van der Waals surface area contributed by atoms with Gasteiger partial charge in [-0.25, -0.2) is 9.37 Å². The molecule has 6 nitrogen and oxygen atoms in total. The van der Waals surface area contributed by atoms with Gasteiger partial charge in [0.25, 0.3) is 0 Å². The number of ether oxygens (including phenoxy) is 1. The van der Waals surface area contributed by atoms with Crippen molar-refractivity contribution in [2.75, 3.05) is 12.4 Å². The number of rotatable bonds is 7. The maximum Gasteiger partial charge on any atom is 0.226 e. The number of amides is 1. The number of benzene rings is 1. The van der Waals surface area contributed by atoms with E-state index in [1.165, 1.54) is 0 Å². The Bertz CT molecular complexity index is 907. The van der Waals surface area contributed by atoms with Crippen LogP contribution in [0.15, 0.2) is 42.6 Å². The molecule has 0 radical (unpaired) electrons. The molecule has 1 aromatic heterocycles. The van der Waals surface area contributed by atoms with Gasteiger partial charge in [-0.1, -0.05) is 31.2 Å². The van der Waals surface area contributed by atoms with Crippen LogP contribution in [0.2, 0.25) is 5.28 Å². The molecule has 2 aromatic rings. The first-order chi connectivity index (χ1) is 14.4. The van der Waals surface area contributed by atoms with Crippen molar-refractivity contribution >= 4 is 23.3 Å². The number of methoxy groups -OCH3 is 1. The van der Waals surface area contributed by atoms with Crippen molar-refractivity contribution in [1.29, 1.82) is 0 Å².